The summed E-state index contributed by atoms with van der Waals surface area (Å²) in [4.78, 5) is 11.8. The average molecular weight is 143 g/mol. The van der Waals surface area contributed by atoms with Crippen LogP contribution in [0.1, 0.15) is 19.8 Å². The van der Waals surface area contributed by atoms with E-state index in [0.717, 1.165) is 19.3 Å². The molecule has 1 saturated heterocycles. The highest BCUT2D eigenvalue weighted by molar-refractivity contribution is 5.48. The summed E-state index contributed by atoms with van der Waals surface area (Å²) in [5.74, 6) is 0. The molecule has 1 rings (SSSR count). The molecule has 1 aliphatic rings. The lowest BCUT2D eigenvalue weighted by atomic mass is 10.0. The van der Waals surface area contributed by atoms with Gasteiger partial charge in [-0.3, -0.25) is 4.79 Å². The van der Waals surface area contributed by atoms with Gasteiger partial charge in [-0.15, -0.1) is 0 Å². The molecule has 0 aromatic rings. The molecule has 1 fully saturated rings. The fourth-order valence-corrected chi connectivity index (χ4v) is 1.27. The van der Waals surface area contributed by atoms with Crippen molar-refractivity contribution in [1.82, 2.24) is 4.90 Å². The molecule has 0 spiro atoms. The zero-order valence-electron chi connectivity index (χ0n) is 6.21. The molecular weight excluding hydrogens is 130 g/mol. The molecule has 1 heterocycles. The predicted octanol–water partition coefficient (Wildman–Crippen LogP) is -0.0104. The van der Waals surface area contributed by atoms with Gasteiger partial charge in [-0.2, -0.15) is 0 Å². The van der Waals surface area contributed by atoms with Crippen molar-refractivity contribution in [2.45, 2.75) is 25.4 Å². The van der Waals surface area contributed by atoms with Crippen LogP contribution >= 0.6 is 0 Å². The van der Waals surface area contributed by atoms with E-state index in [2.05, 4.69) is 0 Å². The third-order valence-electron chi connectivity index (χ3n) is 2.17. The highest BCUT2D eigenvalue weighted by Crippen LogP contribution is 2.22. The number of hydrogen-bond acceptors (Lipinski definition) is 2. The van der Waals surface area contributed by atoms with Gasteiger partial charge in [0.2, 0.25) is 6.41 Å². The van der Waals surface area contributed by atoms with Crippen molar-refractivity contribution in [2.24, 2.45) is 0 Å². The fourth-order valence-electron chi connectivity index (χ4n) is 1.27. The van der Waals surface area contributed by atoms with Gasteiger partial charge in [0.05, 0.1) is 5.60 Å². The Kier molecular flexibility index (Phi) is 1.94. The predicted molar refractivity (Wildman–Crippen MR) is 37.5 cm³/mol. The van der Waals surface area contributed by atoms with Gasteiger partial charge in [-0.25, -0.2) is 0 Å². The molecule has 10 heavy (non-hydrogen) atoms. The van der Waals surface area contributed by atoms with Crippen LogP contribution in [0.4, 0.5) is 0 Å². The first-order chi connectivity index (χ1) is 4.70. The largest absolute Gasteiger partial charge is 0.388 e. The third-order valence-corrected chi connectivity index (χ3v) is 2.17. The van der Waals surface area contributed by atoms with Crippen molar-refractivity contribution in [2.75, 3.05) is 13.1 Å². The van der Waals surface area contributed by atoms with Crippen LogP contribution in [0.25, 0.3) is 0 Å². The Balaban J connectivity index is 2.48. The molecule has 0 saturated carbocycles. The minimum absolute atomic E-state index is 0.507. The Morgan fingerprint density at radius 3 is 2.80 bits per heavy atom. The Labute approximate surface area is 60.6 Å². The second-order valence-electron chi connectivity index (χ2n) is 2.90. The first kappa shape index (κ1) is 7.54. The van der Waals surface area contributed by atoms with Crippen molar-refractivity contribution in [3.05, 3.63) is 0 Å². The summed E-state index contributed by atoms with van der Waals surface area (Å²) in [5.41, 5.74) is -0.596. The van der Waals surface area contributed by atoms with Crippen LogP contribution in [-0.2, 0) is 4.79 Å². The minimum atomic E-state index is -0.596. The number of carbonyl (C=O) groups is 1. The van der Waals surface area contributed by atoms with E-state index in [1.807, 2.05) is 6.92 Å². The number of aliphatic hydroxyl groups is 1. The Morgan fingerprint density at radius 2 is 2.50 bits per heavy atom. The van der Waals surface area contributed by atoms with Crippen LogP contribution in [0.5, 0.6) is 0 Å². The monoisotopic (exact) mass is 143 g/mol. The first-order valence-corrected chi connectivity index (χ1v) is 3.62. The summed E-state index contributed by atoms with van der Waals surface area (Å²) < 4.78 is 0. The molecule has 0 aromatic carbocycles. The molecule has 3 nitrogen and oxygen atoms in total. The molecule has 0 radical (unpaired) electrons. The Bertz CT molecular complexity index is 138. The molecule has 1 amide bonds. The van der Waals surface area contributed by atoms with Crippen LogP contribution in [-0.4, -0.2) is 35.1 Å². The zero-order valence-corrected chi connectivity index (χ0v) is 6.21. The van der Waals surface area contributed by atoms with Crippen LogP contribution in [0, 0.1) is 0 Å². The topological polar surface area (TPSA) is 40.5 Å². The molecule has 0 aliphatic carbocycles. The molecule has 1 N–H and O–H groups in total. The van der Waals surface area contributed by atoms with Gasteiger partial charge in [0.1, 0.15) is 0 Å². The summed E-state index contributed by atoms with van der Waals surface area (Å²) in [6, 6.07) is 0. The van der Waals surface area contributed by atoms with E-state index in [-0.39, 0.29) is 0 Å². The van der Waals surface area contributed by atoms with Crippen molar-refractivity contribution < 1.29 is 9.90 Å². The van der Waals surface area contributed by atoms with Crippen molar-refractivity contribution >= 4 is 6.41 Å². The number of rotatable bonds is 2. The summed E-state index contributed by atoms with van der Waals surface area (Å²) in [7, 11) is 0. The number of hydrogen-bond donors (Lipinski definition) is 1. The zero-order chi connectivity index (χ0) is 7.61. The molecule has 1 atom stereocenters. The minimum Gasteiger partial charge on any atom is -0.388 e. The quantitative estimate of drug-likeness (QED) is 0.552. The third kappa shape index (κ3) is 1.29. The van der Waals surface area contributed by atoms with Gasteiger partial charge >= 0.3 is 0 Å². The summed E-state index contributed by atoms with van der Waals surface area (Å²) in [5, 5.41) is 9.60. The lowest BCUT2D eigenvalue weighted by Gasteiger charge is -2.18. The number of amides is 1. The van der Waals surface area contributed by atoms with Crippen LogP contribution in [0.3, 0.4) is 0 Å². The maximum Gasteiger partial charge on any atom is 0.209 e. The lowest BCUT2D eigenvalue weighted by Crippen LogP contribution is -2.31. The second-order valence-corrected chi connectivity index (χ2v) is 2.90. The van der Waals surface area contributed by atoms with Gasteiger partial charge in [-0.1, -0.05) is 6.92 Å². The highest BCUT2D eigenvalue weighted by Gasteiger charge is 2.33. The molecular formula is C7H13NO2. The van der Waals surface area contributed by atoms with Gasteiger partial charge in [0, 0.05) is 13.1 Å². The second kappa shape index (κ2) is 2.58. The summed E-state index contributed by atoms with van der Waals surface area (Å²) >= 11 is 0. The van der Waals surface area contributed by atoms with Crippen molar-refractivity contribution in [3.8, 4) is 0 Å². The van der Waals surface area contributed by atoms with Gasteiger partial charge in [0.15, 0.2) is 0 Å². The number of nitrogens with zero attached hydrogens (tertiary/aromatic N) is 1. The number of likely N-dealkylation sites (tertiary alicyclic amines) is 1. The smallest absolute Gasteiger partial charge is 0.209 e. The van der Waals surface area contributed by atoms with E-state index in [4.69, 9.17) is 0 Å². The van der Waals surface area contributed by atoms with Crippen LogP contribution < -0.4 is 0 Å². The lowest BCUT2D eigenvalue weighted by molar-refractivity contribution is -0.118. The highest BCUT2D eigenvalue weighted by atomic mass is 16.3. The van der Waals surface area contributed by atoms with E-state index in [0.29, 0.717) is 13.1 Å². The van der Waals surface area contributed by atoms with E-state index >= 15 is 0 Å². The number of β-amino-alcohol motifs (C(OH)–C–C–N with tert-alkyl or cyclic N) is 1. The van der Waals surface area contributed by atoms with E-state index in [1.165, 1.54) is 0 Å². The molecule has 0 bridgehead atoms. The normalized spacial score (nSPS) is 32.8. The number of carbonyl (C=O) groups excluding carboxylic acids is 1. The first-order valence-electron chi connectivity index (χ1n) is 3.62. The van der Waals surface area contributed by atoms with Gasteiger partial charge in [0.25, 0.3) is 0 Å². The van der Waals surface area contributed by atoms with E-state index < -0.39 is 5.60 Å². The van der Waals surface area contributed by atoms with Crippen LogP contribution in [0.15, 0.2) is 0 Å². The molecule has 1 aliphatic heterocycles. The fraction of sp³-hybridized carbons (Fsp3) is 0.857. The summed E-state index contributed by atoms with van der Waals surface area (Å²) in [6.07, 6.45) is 2.26. The molecule has 58 valence electrons. The average Bonchev–Trinajstić information content (AvgIpc) is 2.33. The maximum atomic E-state index is 10.2. The van der Waals surface area contributed by atoms with Crippen molar-refractivity contribution in [1.29, 1.82) is 0 Å². The van der Waals surface area contributed by atoms with E-state index in [1.54, 1.807) is 4.90 Å². The van der Waals surface area contributed by atoms with Crippen LogP contribution in [0.2, 0.25) is 0 Å². The molecule has 0 aromatic heterocycles. The standard InChI is InChI=1S/C7H13NO2/c1-2-7(10)3-4-8(5-7)6-9/h6,10H,2-5H2,1H3. The Hall–Kier alpha value is -0.570. The van der Waals surface area contributed by atoms with Crippen molar-refractivity contribution in [3.63, 3.8) is 0 Å². The summed E-state index contributed by atoms with van der Waals surface area (Å²) in [6.45, 7) is 3.15. The Morgan fingerprint density at radius 1 is 1.80 bits per heavy atom. The maximum absolute atomic E-state index is 10.2. The van der Waals surface area contributed by atoms with Gasteiger partial charge < -0.3 is 10.0 Å². The molecule has 1 unspecified atom stereocenters. The van der Waals surface area contributed by atoms with Gasteiger partial charge in [-0.05, 0) is 12.8 Å². The SMILES string of the molecule is CCC1(O)CCN(C=O)C1. The molecule has 3 heteroatoms. The van der Waals surface area contributed by atoms with E-state index in [9.17, 15) is 9.90 Å².